The van der Waals surface area contributed by atoms with Crippen LogP contribution in [0.2, 0.25) is 5.02 Å². The highest BCUT2D eigenvalue weighted by Gasteiger charge is 2.15. The highest BCUT2D eigenvalue weighted by Crippen LogP contribution is 2.32. The van der Waals surface area contributed by atoms with E-state index < -0.39 is 0 Å². The van der Waals surface area contributed by atoms with Crippen molar-refractivity contribution in [3.05, 3.63) is 59.8 Å². The first kappa shape index (κ1) is 16.9. The average Bonchev–Trinajstić information content (AvgIpc) is 2.97. The molecular weight excluding hydrogens is 340 g/mol. The van der Waals surface area contributed by atoms with Crippen LogP contribution in [0, 0.1) is 0 Å². The van der Waals surface area contributed by atoms with Crippen molar-refractivity contribution in [2.75, 3.05) is 7.11 Å². The normalized spacial score (nSPS) is 11.0. The molecule has 0 bridgehead atoms. The van der Waals surface area contributed by atoms with Gasteiger partial charge in [0.2, 0.25) is 0 Å². The van der Waals surface area contributed by atoms with Crippen molar-refractivity contribution in [1.82, 2.24) is 9.55 Å². The van der Waals surface area contributed by atoms with E-state index in [1.54, 1.807) is 18.9 Å². The highest BCUT2D eigenvalue weighted by atomic mass is 35.5. The Bertz CT molecular complexity index is 828. The number of thioether (sulfide) groups is 1. The molecule has 0 amide bonds. The zero-order chi connectivity index (χ0) is 17.1. The second-order valence-electron chi connectivity index (χ2n) is 5.64. The molecule has 3 nitrogen and oxygen atoms in total. The molecule has 0 atom stereocenters. The number of aromatic nitrogens is 2. The van der Waals surface area contributed by atoms with E-state index >= 15 is 0 Å². The van der Waals surface area contributed by atoms with Gasteiger partial charge in [-0.25, -0.2) is 4.98 Å². The molecule has 0 radical (unpaired) electrons. The number of halogens is 1. The maximum absolute atomic E-state index is 6.20. The molecule has 0 unspecified atom stereocenters. The summed E-state index contributed by atoms with van der Waals surface area (Å²) < 4.78 is 7.40. The number of imidazole rings is 1. The minimum Gasteiger partial charge on any atom is -0.497 e. The zero-order valence-electron chi connectivity index (χ0n) is 13.9. The lowest BCUT2D eigenvalue weighted by atomic mass is 10.1. The third-order valence-corrected chi connectivity index (χ3v) is 4.73. The number of methoxy groups -OCH3 is 1. The number of hydrogen-bond donors (Lipinski definition) is 0. The summed E-state index contributed by atoms with van der Waals surface area (Å²) in [6.45, 7) is 4.32. The van der Waals surface area contributed by atoms with Crippen molar-refractivity contribution < 1.29 is 4.74 Å². The molecule has 124 valence electrons. The van der Waals surface area contributed by atoms with E-state index in [1.807, 2.05) is 54.7 Å². The van der Waals surface area contributed by atoms with Crippen molar-refractivity contribution in [3.63, 3.8) is 0 Å². The summed E-state index contributed by atoms with van der Waals surface area (Å²) >= 11 is 7.93. The van der Waals surface area contributed by atoms with E-state index in [-0.39, 0.29) is 0 Å². The molecule has 3 rings (SSSR count). The smallest absolute Gasteiger partial charge is 0.173 e. The fraction of sp³-hybridized carbons (Fsp3) is 0.211. The van der Waals surface area contributed by atoms with Gasteiger partial charge in [-0.3, -0.25) is 4.57 Å². The van der Waals surface area contributed by atoms with Crippen LogP contribution in [0.25, 0.3) is 16.9 Å². The molecule has 0 aliphatic carbocycles. The van der Waals surface area contributed by atoms with Crippen LogP contribution in [0.3, 0.4) is 0 Å². The molecule has 0 N–H and O–H groups in total. The van der Waals surface area contributed by atoms with Gasteiger partial charge in [0, 0.05) is 21.5 Å². The van der Waals surface area contributed by atoms with E-state index in [0.717, 1.165) is 27.9 Å². The number of rotatable bonds is 5. The molecule has 0 saturated heterocycles. The predicted octanol–water partition coefficient (Wildman–Crippen LogP) is 5.70. The van der Waals surface area contributed by atoms with Gasteiger partial charge in [0.25, 0.3) is 0 Å². The maximum Gasteiger partial charge on any atom is 0.173 e. The molecule has 24 heavy (non-hydrogen) atoms. The Kier molecular flexibility index (Phi) is 5.17. The van der Waals surface area contributed by atoms with Gasteiger partial charge in [0.1, 0.15) is 5.75 Å². The molecule has 0 aliphatic rings. The molecular formula is C19H19ClN2OS. The standard InChI is InChI=1S/C19H19ClN2OS/c1-13(2)24-19-21-12-18(14-7-9-17(23-3)10-8-14)22(19)16-6-4-5-15(20)11-16/h4-13H,1-3H3. The molecule has 3 aromatic rings. The van der Waals surface area contributed by atoms with Gasteiger partial charge in [-0.2, -0.15) is 0 Å². The van der Waals surface area contributed by atoms with E-state index in [0.29, 0.717) is 10.3 Å². The van der Waals surface area contributed by atoms with Gasteiger partial charge in [-0.15, -0.1) is 0 Å². The Morgan fingerprint density at radius 1 is 1.12 bits per heavy atom. The largest absolute Gasteiger partial charge is 0.497 e. The first-order chi connectivity index (χ1) is 11.6. The molecule has 1 heterocycles. The quantitative estimate of drug-likeness (QED) is 0.547. The van der Waals surface area contributed by atoms with Gasteiger partial charge >= 0.3 is 0 Å². The summed E-state index contributed by atoms with van der Waals surface area (Å²) in [4.78, 5) is 4.63. The lowest BCUT2D eigenvalue weighted by Crippen LogP contribution is -2.01. The first-order valence-electron chi connectivity index (χ1n) is 7.73. The number of ether oxygens (including phenoxy) is 1. The molecule has 5 heteroatoms. The van der Waals surface area contributed by atoms with Gasteiger partial charge in [0.15, 0.2) is 5.16 Å². The van der Waals surface area contributed by atoms with Gasteiger partial charge in [0.05, 0.1) is 19.0 Å². The Hall–Kier alpha value is -1.91. The van der Waals surface area contributed by atoms with Crippen LogP contribution in [0.5, 0.6) is 5.75 Å². The van der Waals surface area contributed by atoms with Crippen LogP contribution >= 0.6 is 23.4 Å². The van der Waals surface area contributed by atoms with Crippen molar-refractivity contribution in [2.45, 2.75) is 24.3 Å². The molecule has 0 spiro atoms. The fourth-order valence-electron chi connectivity index (χ4n) is 2.46. The van der Waals surface area contributed by atoms with Crippen molar-refractivity contribution >= 4 is 23.4 Å². The summed E-state index contributed by atoms with van der Waals surface area (Å²) in [6.07, 6.45) is 1.91. The minimum atomic E-state index is 0.439. The lowest BCUT2D eigenvalue weighted by Gasteiger charge is -2.13. The fourth-order valence-corrected chi connectivity index (χ4v) is 3.49. The van der Waals surface area contributed by atoms with E-state index in [2.05, 4.69) is 23.4 Å². The monoisotopic (exact) mass is 358 g/mol. The second-order valence-corrected chi connectivity index (χ2v) is 7.62. The van der Waals surface area contributed by atoms with Crippen molar-refractivity contribution in [1.29, 1.82) is 0 Å². The molecule has 0 aliphatic heterocycles. The SMILES string of the molecule is COc1ccc(-c2cnc(SC(C)C)n2-c2cccc(Cl)c2)cc1. The molecule has 0 saturated carbocycles. The van der Waals surface area contributed by atoms with Gasteiger partial charge < -0.3 is 4.74 Å². The van der Waals surface area contributed by atoms with Crippen LogP contribution in [0.1, 0.15) is 13.8 Å². The second kappa shape index (κ2) is 7.32. The summed E-state index contributed by atoms with van der Waals surface area (Å²) in [5.41, 5.74) is 3.12. The Morgan fingerprint density at radius 2 is 1.88 bits per heavy atom. The minimum absolute atomic E-state index is 0.439. The lowest BCUT2D eigenvalue weighted by molar-refractivity contribution is 0.415. The van der Waals surface area contributed by atoms with Crippen LogP contribution in [0.4, 0.5) is 0 Å². The van der Waals surface area contributed by atoms with Gasteiger partial charge in [-0.1, -0.05) is 43.3 Å². The summed E-state index contributed by atoms with van der Waals surface area (Å²) in [5.74, 6) is 0.837. The zero-order valence-corrected chi connectivity index (χ0v) is 15.4. The van der Waals surface area contributed by atoms with Gasteiger partial charge in [-0.05, 0) is 42.5 Å². The van der Waals surface area contributed by atoms with Crippen LogP contribution in [-0.4, -0.2) is 21.9 Å². The van der Waals surface area contributed by atoms with E-state index in [4.69, 9.17) is 16.3 Å². The van der Waals surface area contributed by atoms with Crippen LogP contribution in [0.15, 0.2) is 59.9 Å². The first-order valence-corrected chi connectivity index (χ1v) is 8.99. The van der Waals surface area contributed by atoms with Crippen LogP contribution in [-0.2, 0) is 0 Å². The average molecular weight is 359 g/mol. The Balaban J connectivity index is 2.13. The third-order valence-electron chi connectivity index (χ3n) is 3.52. The van der Waals surface area contributed by atoms with E-state index in [9.17, 15) is 0 Å². The van der Waals surface area contributed by atoms with E-state index in [1.165, 1.54) is 0 Å². The topological polar surface area (TPSA) is 27.1 Å². The predicted molar refractivity (Wildman–Crippen MR) is 102 cm³/mol. The Labute approximate surface area is 151 Å². The summed E-state index contributed by atoms with van der Waals surface area (Å²) in [7, 11) is 1.67. The molecule has 1 aromatic heterocycles. The summed E-state index contributed by atoms with van der Waals surface area (Å²) in [6, 6.07) is 15.8. The molecule has 2 aromatic carbocycles. The van der Waals surface area contributed by atoms with Crippen molar-refractivity contribution in [2.24, 2.45) is 0 Å². The van der Waals surface area contributed by atoms with Crippen LogP contribution < -0.4 is 4.74 Å². The Morgan fingerprint density at radius 3 is 2.50 bits per heavy atom. The highest BCUT2D eigenvalue weighted by molar-refractivity contribution is 7.99. The molecule has 0 fully saturated rings. The van der Waals surface area contributed by atoms with Crippen molar-refractivity contribution in [3.8, 4) is 22.7 Å². The maximum atomic E-state index is 6.20. The summed E-state index contributed by atoms with van der Waals surface area (Å²) in [5, 5.41) is 2.11. The number of nitrogens with zero attached hydrogens (tertiary/aromatic N) is 2. The number of hydrogen-bond acceptors (Lipinski definition) is 3. The third kappa shape index (κ3) is 3.60. The number of benzene rings is 2.